The molecule has 0 saturated carbocycles. The molecular formula is C41H64N6O16S6. The topological polar surface area (TPSA) is 271 Å². The van der Waals surface area contributed by atoms with Crippen LogP contribution in [0.15, 0.2) is 28.8 Å². The average molecular weight is 1090 g/mol. The number of Topliss-reactive ketones (excluding diaryl/α,β-unsaturated/α-hetero) is 2. The molecule has 28 heteroatoms. The van der Waals surface area contributed by atoms with E-state index in [0.29, 0.717) is 5.75 Å². The number of aromatic nitrogens is 6. The fourth-order valence-electron chi connectivity index (χ4n) is 5.99. The summed E-state index contributed by atoms with van der Waals surface area (Å²) in [7, 11) is 0. The molecular weight excluding hydrogens is 1020 g/mol. The van der Waals surface area contributed by atoms with Crippen LogP contribution in [-0.4, -0.2) is 122 Å². The van der Waals surface area contributed by atoms with Crippen molar-refractivity contribution in [2.45, 2.75) is 140 Å². The van der Waals surface area contributed by atoms with Crippen molar-refractivity contribution in [2.75, 3.05) is 43.7 Å². The van der Waals surface area contributed by atoms with Crippen LogP contribution in [0, 0.1) is 0 Å². The first kappa shape index (κ1) is 63.2. The van der Waals surface area contributed by atoms with Crippen molar-refractivity contribution >= 4 is 111 Å². The van der Waals surface area contributed by atoms with Crippen molar-refractivity contribution in [1.82, 2.24) is 27.4 Å². The third-order valence-corrected chi connectivity index (χ3v) is 10.4. The van der Waals surface area contributed by atoms with E-state index in [4.69, 9.17) is 18.9 Å². The number of hydrogen-bond donors (Lipinski definition) is 6. The molecule has 3 atom stereocenters. The normalized spacial score (nSPS) is 12.2. The average Bonchev–Trinajstić information content (AvgIpc) is 3.25. The summed E-state index contributed by atoms with van der Waals surface area (Å²) < 4.78 is 24.9. The second-order valence-electron chi connectivity index (χ2n) is 15.4. The number of ketones is 2. The van der Waals surface area contributed by atoms with Gasteiger partial charge in [0.2, 0.25) is 0 Å². The molecule has 0 aliphatic heterocycles. The predicted octanol–water partition coefficient (Wildman–Crippen LogP) is 0.300. The summed E-state index contributed by atoms with van der Waals surface area (Å²) in [4.78, 5) is 147. The number of carbonyl (C=O) groups is 6. The third-order valence-electron chi connectivity index (χ3n) is 9.23. The van der Waals surface area contributed by atoms with Crippen molar-refractivity contribution in [3.8, 4) is 0 Å². The number of carbonyl (C=O) groups excluding carboxylic acids is 6. The van der Waals surface area contributed by atoms with E-state index in [1.54, 1.807) is 20.8 Å². The molecule has 0 aliphatic carbocycles. The van der Waals surface area contributed by atoms with E-state index < -0.39 is 58.0 Å². The second-order valence-corrected chi connectivity index (χ2v) is 19.3. The highest BCUT2D eigenvalue weighted by Crippen LogP contribution is 2.05. The van der Waals surface area contributed by atoms with Gasteiger partial charge in [-0.25, -0.2) is 56.2 Å². The predicted molar refractivity (Wildman–Crippen MR) is 275 cm³/mol. The zero-order valence-corrected chi connectivity index (χ0v) is 44.3. The third kappa shape index (κ3) is 24.2. The summed E-state index contributed by atoms with van der Waals surface area (Å²) in [5.74, 6) is -1.30. The van der Waals surface area contributed by atoms with Crippen LogP contribution in [0.4, 0.5) is 0 Å². The van der Waals surface area contributed by atoms with Gasteiger partial charge in [0.1, 0.15) is 38.0 Å². The minimum absolute atomic E-state index is 0.0525. The van der Waals surface area contributed by atoms with Crippen molar-refractivity contribution in [1.29, 1.82) is 0 Å². The maximum atomic E-state index is 12.9. The molecule has 2 aromatic heterocycles. The van der Waals surface area contributed by atoms with E-state index in [9.17, 15) is 57.5 Å². The van der Waals surface area contributed by atoms with E-state index in [0.717, 1.165) is 27.4 Å². The van der Waals surface area contributed by atoms with E-state index in [1.807, 2.05) is 0 Å². The molecule has 0 radical (unpaired) electrons. The van der Waals surface area contributed by atoms with Crippen LogP contribution in [0.1, 0.15) is 85.0 Å². The highest BCUT2D eigenvalue weighted by atomic mass is 32.1. The minimum Gasteiger partial charge on any atom is -0.464 e. The van der Waals surface area contributed by atoms with E-state index in [-0.39, 0.29) is 169 Å². The molecule has 0 aliphatic rings. The molecule has 0 aromatic carbocycles. The van der Waals surface area contributed by atoms with Crippen LogP contribution >= 0.6 is 75.8 Å². The minimum atomic E-state index is -0.918. The first-order valence-corrected chi connectivity index (χ1v) is 25.5. The van der Waals surface area contributed by atoms with Gasteiger partial charge >= 0.3 is 58.0 Å². The van der Waals surface area contributed by atoms with Gasteiger partial charge < -0.3 is 18.9 Å². The fourth-order valence-corrected chi connectivity index (χ4v) is 7.11. The van der Waals surface area contributed by atoms with Gasteiger partial charge in [0.25, 0.3) is 0 Å². The lowest BCUT2D eigenvalue weighted by Gasteiger charge is -2.14. The summed E-state index contributed by atoms with van der Waals surface area (Å²) >= 11 is 24.3. The van der Waals surface area contributed by atoms with Gasteiger partial charge in [-0.05, 0) is 18.6 Å². The van der Waals surface area contributed by atoms with Crippen LogP contribution in [0.3, 0.4) is 0 Å². The van der Waals surface area contributed by atoms with Crippen molar-refractivity contribution in [3.63, 3.8) is 0 Å². The van der Waals surface area contributed by atoms with Gasteiger partial charge in [-0.2, -0.15) is 75.8 Å². The molecule has 0 saturated heterocycles. The summed E-state index contributed by atoms with van der Waals surface area (Å²) in [5, 5.41) is -0.553. The Bertz CT molecular complexity index is 2070. The molecule has 0 amide bonds. The fraction of sp³-hybridized carbons (Fsp3) is 0.707. The molecule has 0 N–H and O–H groups in total. The summed E-state index contributed by atoms with van der Waals surface area (Å²) in [6, 6.07) is 0. The van der Waals surface area contributed by atoms with Crippen LogP contribution in [0.5, 0.6) is 0 Å². The van der Waals surface area contributed by atoms with Crippen LogP contribution in [-0.2, 0) is 87.0 Å². The Morgan fingerprint density at radius 1 is 0.377 bits per heavy atom. The van der Waals surface area contributed by atoms with Crippen molar-refractivity contribution < 1.29 is 47.7 Å². The van der Waals surface area contributed by atoms with Crippen molar-refractivity contribution in [2.24, 2.45) is 0 Å². The lowest BCUT2D eigenvalue weighted by atomic mass is 10.1. The Morgan fingerprint density at radius 3 is 0.913 bits per heavy atom. The number of rotatable bonds is 32. The highest BCUT2D eigenvalue weighted by Gasteiger charge is 2.19. The zero-order valence-electron chi connectivity index (χ0n) is 38.9. The quantitative estimate of drug-likeness (QED) is 0.0327. The molecule has 2 rings (SSSR count). The number of nitrogens with zero attached hydrogens (tertiary/aromatic N) is 6. The van der Waals surface area contributed by atoms with Gasteiger partial charge in [0.05, 0.1) is 51.9 Å². The second kappa shape index (κ2) is 34.5. The van der Waals surface area contributed by atoms with Gasteiger partial charge in [-0.15, -0.1) is 0 Å². The Labute approximate surface area is 430 Å². The molecule has 0 fully saturated rings. The maximum Gasteiger partial charge on any atom is 0.336 e. The SMILES string of the molecule is CC(S)CC(=O)CCCn1c(=O)n(CCOC(=O)CC(C)S)c(=O)n(CCOC(=O)CC(C)S)c1=O.O=C(CCS)CCCn1c(=O)n(CCOC(=O)CCS)c(=O)n(CCOC(=O)CCS)c1=O. The number of ether oxygens (including phenoxy) is 4. The molecule has 2 aromatic rings. The largest absolute Gasteiger partial charge is 0.464 e. The van der Waals surface area contributed by atoms with Crippen LogP contribution in [0.25, 0.3) is 0 Å². The molecule has 69 heavy (non-hydrogen) atoms. The summed E-state index contributed by atoms with van der Waals surface area (Å²) in [6.07, 6.45) is 1.48. The molecule has 390 valence electrons. The number of thiol groups is 6. The smallest absolute Gasteiger partial charge is 0.336 e. The van der Waals surface area contributed by atoms with Crippen LogP contribution < -0.4 is 34.1 Å². The van der Waals surface area contributed by atoms with Gasteiger partial charge in [0.15, 0.2) is 0 Å². The van der Waals surface area contributed by atoms with E-state index >= 15 is 0 Å². The monoisotopic (exact) mass is 1090 g/mol. The summed E-state index contributed by atoms with van der Waals surface area (Å²) in [5.41, 5.74) is -5.34. The Morgan fingerprint density at radius 2 is 0.638 bits per heavy atom. The van der Waals surface area contributed by atoms with E-state index in [1.165, 1.54) is 0 Å². The number of hydrogen-bond acceptors (Lipinski definition) is 22. The first-order chi connectivity index (χ1) is 32.6. The van der Waals surface area contributed by atoms with Crippen molar-refractivity contribution in [3.05, 3.63) is 62.9 Å². The van der Waals surface area contributed by atoms with Gasteiger partial charge in [-0.1, -0.05) is 20.8 Å². The highest BCUT2D eigenvalue weighted by molar-refractivity contribution is 7.81. The number of esters is 4. The Kier molecular flexibility index (Phi) is 31.5. The Balaban J connectivity index is 0.000000693. The van der Waals surface area contributed by atoms with Gasteiger partial charge in [0, 0.05) is 66.0 Å². The summed E-state index contributed by atoms with van der Waals surface area (Å²) in [6.45, 7) is 2.90. The maximum absolute atomic E-state index is 12.9. The lowest BCUT2D eigenvalue weighted by molar-refractivity contribution is -0.144. The molecule has 22 nitrogen and oxygen atoms in total. The lowest BCUT2D eigenvalue weighted by Crippen LogP contribution is -2.55. The molecule has 3 unspecified atom stereocenters. The Hall–Kier alpha value is -3.86. The van der Waals surface area contributed by atoms with E-state index in [2.05, 4.69) is 75.8 Å². The van der Waals surface area contributed by atoms with Crippen LogP contribution in [0.2, 0.25) is 0 Å². The molecule has 0 spiro atoms. The molecule has 2 heterocycles. The van der Waals surface area contributed by atoms with Gasteiger partial charge in [-0.3, -0.25) is 28.8 Å². The standard InChI is InChI=1S/C22H35N3O8S3.C19H29N3O8S3/c1-14(34)11-17(26)5-4-6-23-20(29)24(7-9-32-18(27)12-15(2)35)22(31)25(21(23)30)8-10-33-19(28)13-16(3)36;23-14(3-11-31)2-1-6-20-17(26)21(7-9-29-15(24)4-12-32)19(28)22(18(20)27)8-10-30-16(25)5-13-33/h14-16,34-36H,4-13H2,1-3H3;31-33H,1-13H2. The first-order valence-electron chi connectivity index (χ1n) is 22.0. The molecule has 0 bridgehead atoms. The zero-order chi connectivity index (χ0) is 52.2.